The van der Waals surface area contributed by atoms with Gasteiger partial charge in [0.15, 0.2) is 0 Å². The lowest BCUT2D eigenvalue weighted by Gasteiger charge is -2.12. The van der Waals surface area contributed by atoms with E-state index in [-0.39, 0.29) is 6.04 Å². The predicted molar refractivity (Wildman–Crippen MR) is 36.8 cm³/mol. The van der Waals surface area contributed by atoms with Crippen LogP contribution in [-0.4, -0.2) is 13.2 Å². The second-order valence-corrected chi connectivity index (χ2v) is 2.09. The topological polar surface area (TPSA) is 35.2 Å². The Morgan fingerprint density at radius 1 is 1.78 bits per heavy atom. The third-order valence-electron chi connectivity index (χ3n) is 1.34. The molecule has 1 aliphatic rings. The van der Waals surface area contributed by atoms with E-state index in [0.29, 0.717) is 0 Å². The molecule has 0 amide bonds. The molecule has 0 fully saturated rings. The van der Waals surface area contributed by atoms with Crippen LogP contribution in [0.4, 0.5) is 0 Å². The molecule has 0 aromatic carbocycles. The molecule has 1 rings (SSSR count). The van der Waals surface area contributed by atoms with Crippen molar-refractivity contribution in [1.29, 1.82) is 0 Å². The molecule has 9 heavy (non-hydrogen) atoms. The number of hydrogen-bond donors (Lipinski definition) is 1. The van der Waals surface area contributed by atoms with Crippen LogP contribution in [0, 0.1) is 0 Å². The van der Waals surface area contributed by atoms with Gasteiger partial charge in [-0.05, 0) is 6.08 Å². The van der Waals surface area contributed by atoms with E-state index >= 15 is 0 Å². The highest BCUT2D eigenvalue weighted by atomic mass is 16.5. The summed E-state index contributed by atoms with van der Waals surface area (Å²) in [5.41, 5.74) is 5.59. The number of rotatable bonds is 1. The van der Waals surface area contributed by atoms with E-state index in [2.05, 4.69) is 0 Å². The summed E-state index contributed by atoms with van der Waals surface area (Å²) < 4.78 is 4.99. The van der Waals surface area contributed by atoms with Crippen molar-refractivity contribution < 1.29 is 4.74 Å². The van der Waals surface area contributed by atoms with Crippen molar-refractivity contribution in [3.05, 3.63) is 24.0 Å². The van der Waals surface area contributed by atoms with Gasteiger partial charge in [0, 0.05) is 12.5 Å². The van der Waals surface area contributed by atoms with Gasteiger partial charge in [-0.25, -0.2) is 0 Å². The summed E-state index contributed by atoms with van der Waals surface area (Å²) in [4.78, 5) is 0. The van der Waals surface area contributed by atoms with E-state index < -0.39 is 0 Å². The lowest BCUT2D eigenvalue weighted by Crippen LogP contribution is -2.19. The molecule has 0 heterocycles. The highest BCUT2D eigenvalue weighted by Gasteiger charge is 2.04. The van der Waals surface area contributed by atoms with Crippen LogP contribution < -0.4 is 5.73 Å². The Hall–Kier alpha value is -0.760. The maximum absolute atomic E-state index is 5.59. The molecule has 0 aromatic heterocycles. The monoisotopic (exact) mass is 125 g/mol. The molecule has 0 saturated carbocycles. The maximum atomic E-state index is 5.59. The lowest BCUT2D eigenvalue weighted by molar-refractivity contribution is 0.272. The van der Waals surface area contributed by atoms with Gasteiger partial charge in [-0.3, -0.25) is 0 Å². The number of nitrogens with two attached hydrogens (primary N) is 1. The summed E-state index contributed by atoms with van der Waals surface area (Å²) in [6.07, 6.45) is 6.64. The fourth-order valence-corrected chi connectivity index (χ4v) is 0.825. The van der Waals surface area contributed by atoms with Gasteiger partial charge in [-0.15, -0.1) is 0 Å². The minimum Gasteiger partial charge on any atom is -0.501 e. The molecule has 0 aromatic rings. The molecule has 2 heteroatoms. The predicted octanol–water partition coefficient (Wildman–Crippen LogP) is 0.804. The molecule has 1 aliphatic carbocycles. The molecule has 1 unspecified atom stereocenters. The maximum Gasteiger partial charge on any atom is 0.0974 e. The van der Waals surface area contributed by atoms with E-state index in [0.717, 1.165) is 12.2 Å². The van der Waals surface area contributed by atoms with Crippen LogP contribution >= 0.6 is 0 Å². The largest absolute Gasteiger partial charge is 0.501 e. The van der Waals surface area contributed by atoms with E-state index in [9.17, 15) is 0 Å². The van der Waals surface area contributed by atoms with Gasteiger partial charge in [0.25, 0.3) is 0 Å². The minimum absolute atomic E-state index is 0.143. The molecule has 0 radical (unpaired) electrons. The smallest absolute Gasteiger partial charge is 0.0974 e. The summed E-state index contributed by atoms with van der Waals surface area (Å²) >= 11 is 0. The van der Waals surface area contributed by atoms with Crippen LogP contribution in [-0.2, 0) is 4.74 Å². The second-order valence-electron chi connectivity index (χ2n) is 2.09. The van der Waals surface area contributed by atoms with Crippen molar-refractivity contribution in [1.82, 2.24) is 0 Å². The third-order valence-corrected chi connectivity index (χ3v) is 1.34. The first kappa shape index (κ1) is 6.36. The standard InChI is InChI=1S/C7H11NO/c1-9-7-4-2-3-6(8)5-7/h2-4,6H,5,8H2,1H3. The first-order valence-electron chi connectivity index (χ1n) is 3.00. The van der Waals surface area contributed by atoms with Crippen molar-refractivity contribution >= 4 is 0 Å². The number of allylic oxidation sites excluding steroid dienone is 2. The lowest BCUT2D eigenvalue weighted by atomic mass is 10.1. The number of hydrogen-bond acceptors (Lipinski definition) is 2. The molecule has 2 N–H and O–H groups in total. The molecule has 2 nitrogen and oxygen atoms in total. The van der Waals surface area contributed by atoms with E-state index in [4.69, 9.17) is 10.5 Å². The zero-order chi connectivity index (χ0) is 6.69. The van der Waals surface area contributed by atoms with Gasteiger partial charge in [-0.1, -0.05) is 12.2 Å². The summed E-state index contributed by atoms with van der Waals surface area (Å²) in [5, 5.41) is 0. The number of methoxy groups -OCH3 is 1. The van der Waals surface area contributed by atoms with Crippen LogP contribution in [0.5, 0.6) is 0 Å². The molecule has 1 atom stereocenters. The fraction of sp³-hybridized carbons (Fsp3) is 0.429. The van der Waals surface area contributed by atoms with Crippen molar-refractivity contribution in [2.45, 2.75) is 12.5 Å². The third kappa shape index (κ3) is 1.57. The van der Waals surface area contributed by atoms with Gasteiger partial charge in [0.1, 0.15) is 0 Å². The molecule has 0 aliphatic heterocycles. The van der Waals surface area contributed by atoms with Gasteiger partial charge in [0.2, 0.25) is 0 Å². The molecular formula is C7H11NO. The summed E-state index contributed by atoms with van der Waals surface area (Å²) in [6, 6.07) is 0.143. The summed E-state index contributed by atoms with van der Waals surface area (Å²) in [6.45, 7) is 0. The summed E-state index contributed by atoms with van der Waals surface area (Å²) in [7, 11) is 1.66. The van der Waals surface area contributed by atoms with Crippen LogP contribution in [0.3, 0.4) is 0 Å². The van der Waals surface area contributed by atoms with Crippen LogP contribution in [0.1, 0.15) is 6.42 Å². The summed E-state index contributed by atoms with van der Waals surface area (Å²) in [5.74, 6) is 0.963. The van der Waals surface area contributed by atoms with Crippen molar-refractivity contribution in [3.63, 3.8) is 0 Å². The Labute approximate surface area is 55.0 Å². The second kappa shape index (κ2) is 2.69. The molecule has 0 bridgehead atoms. The Morgan fingerprint density at radius 2 is 2.56 bits per heavy atom. The van der Waals surface area contributed by atoms with Crippen LogP contribution in [0.2, 0.25) is 0 Å². The van der Waals surface area contributed by atoms with Crippen LogP contribution in [0.15, 0.2) is 24.0 Å². The highest BCUT2D eigenvalue weighted by Crippen LogP contribution is 2.10. The van der Waals surface area contributed by atoms with Gasteiger partial charge >= 0.3 is 0 Å². The van der Waals surface area contributed by atoms with Gasteiger partial charge in [0.05, 0.1) is 12.9 Å². The molecular weight excluding hydrogens is 114 g/mol. The average molecular weight is 125 g/mol. The first-order valence-corrected chi connectivity index (χ1v) is 3.00. The zero-order valence-corrected chi connectivity index (χ0v) is 5.50. The van der Waals surface area contributed by atoms with Crippen LogP contribution in [0.25, 0.3) is 0 Å². The highest BCUT2D eigenvalue weighted by molar-refractivity contribution is 5.17. The van der Waals surface area contributed by atoms with E-state index in [1.807, 2.05) is 18.2 Å². The van der Waals surface area contributed by atoms with Crippen molar-refractivity contribution in [2.24, 2.45) is 5.73 Å². The van der Waals surface area contributed by atoms with Gasteiger partial charge in [-0.2, -0.15) is 0 Å². The molecule has 50 valence electrons. The van der Waals surface area contributed by atoms with Crippen molar-refractivity contribution in [3.8, 4) is 0 Å². The quantitative estimate of drug-likeness (QED) is 0.562. The minimum atomic E-state index is 0.143. The Kier molecular flexibility index (Phi) is 1.90. The van der Waals surface area contributed by atoms with E-state index in [1.54, 1.807) is 7.11 Å². The van der Waals surface area contributed by atoms with Gasteiger partial charge < -0.3 is 10.5 Å². The van der Waals surface area contributed by atoms with E-state index in [1.165, 1.54) is 0 Å². The SMILES string of the molecule is COC1=CC=CC(N)C1. The fourth-order valence-electron chi connectivity index (χ4n) is 0.825. The normalized spacial score (nSPS) is 25.6. The molecule has 0 saturated heterocycles. The Balaban J connectivity index is 2.55. The molecule has 0 spiro atoms. The Morgan fingerprint density at radius 3 is 3.00 bits per heavy atom. The Bertz CT molecular complexity index is 149. The first-order chi connectivity index (χ1) is 4.33. The average Bonchev–Trinajstić information content (AvgIpc) is 1.88. The number of ether oxygens (including phenoxy) is 1. The van der Waals surface area contributed by atoms with Crippen molar-refractivity contribution in [2.75, 3.05) is 7.11 Å². The zero-order valence-electron chi connectivity index (χ0n) is 5.50.